The van der Waals surface area contributed by atoms with Crippen molar-refractivity contribution >= 4 is 6.16 Å². The van der Waals surface area contributed by atoms with Crippen LogP contribution in [0, 0.1) is 0 Å². The predicted molar refractivity (Wildman–Crippen MR) is 41.9 cm³/mol. The summed E-state index contributed by atoms with van der Waals surface area (Å²) in [6.07, 6.45) is 2.38. The summed E-state index contributed by atoms with van der Waals surface area (Å²) in [5.74, 6) is 0.434. The molecule has 1 rings (SSSR count). The third kappa shape index (κ3) is 2.57. The Bertz CT molecular complexity index is 248. The van der Waals surface area contributed by atoms with Crippen molar-refractivity contribution in [3.8, 4) is 5.75 Å². The summed E-state index contributed by atoms with van der Waals surface area (Å²) in [6, 6.07) is 3.16. The van der Waals surface area contributed by atoms with Crippen LogP contribution < -0.4 is 4.74 Å². The van der Waals surface area contributed by atoms with E-state index in [2.05, 4.69) is 9.72 Å². The fourth-order valence-electron chi connectivity index (χ4n) is 0.650. The van der Waals surface area contributed by atoms with E-state index >= 15 is 0 Å². The van der Waals surface area contributed by atoms with Crippen LogP contribution in [0.3, 0.4) is 0 Å². The summed E-state index contributed by atoms with van der Waals surface area (Å²) < 4.78 is 9.32. The minimum absolute atomic E-state index is 0.309. The number of hydrogen-bond acceptors (Lipinski definition) is 4. The first-order chi connectivity index (χ1) is 5.83. The smallest absolute Gasteiger partial charge is 0.434 e. The molecule has 0 bridgehead atoms. The zero-order valence-electron chi connectivity index (χ0n) is 6.69. The van der Waals surface area contributed by atoms with E-state index in [4.69, 9.17) is 4.74 Å². The highest BCUT2D eigenvalue weighted by Crippen LogP contribution is 2.07. The van der Waals surface area contributed by atoms with E-state index in [-0.39, 0.29) is 0 Å². The van der Waals surface area contributed by atoms with Gasteiger partial charge in [-0.15, -0.1) is 0 Å². The number of rotatable bonds is 2. The van der Waals surface area contributed by atoms with Crippen LogP contribution in [0.4, 0.5) is 4.79 Å². The molecular weight excluding hydrogens is 158 g/mol. The summed E-state index contributed by atoms with van der Waals surface area (Å²) in [4.78, 5) is 14.5. The second-order valence-electron chi connectivity index (χ2n) is 1.97. The van der Waals surface area contributed by atoms with Crippen LogP contribution in [0.5, 0.6) is 5.75 Å². The number of carbonyl (C=O) groups is 1. The highest BCUT2D eigenvalue weighted by atomic mass is 16.7. The lowest BCUT2D eigenvalue weighted by atomic mass is 10.5. The molecule has 0 amide bonds. The topological polar surface area (TPSA) is 48.4 Å². The summed E-state index contributed by atoms with van der Waals surface area (Å²) in [5, 5.41) is 0. The molecule has 0 aliphatic heterocycles. The molecular formula is C8H9NO3. The molecule has 0 saturated carbocycles. The predicted octanol–water partition coefficient (Wildman–Crippen LogP) is 1.62. The van der Waals surface area contributed by atoms with Gasteiger partial charge >= 0.3 is 6.16 Å². The highest BCUT2D eigenvalue weighted by Gasteiger charge is 2.02. The van der Waals surface area contributed by atoms with Gasteiger partial charge in [0.1, 0.15) is 5.75 Å². The standard InChI is InChI=1S/C8H9NO3/c1-2-11-8(10)12-7-3-5-9-6-4-7/h3-6H,2H2,1H3. The van der Waals surface area contributed by atoms with Gasteiger partial charge in [-0.1, -0.05) is 0 Å². The van der Waals surface area contributed by atoms with Crippen LogP contribution in [0.2, 0.25) is 0 Å². The van der Waals surface area contributed by atoms with E-state index in [1.54, 1.807) is 19.1 Å². The molecule has 0 aromatic carbocycles. The summed E-state index contributed by atoms with van der Waals surface area (Å²) in [6.45, 7) is 2.03. The number of nitrogens with zero attached hydrogens (tertiary/aromatic N) is 1. The van der Waals surface area contributed by atoms with E-state index < -0.39 is 6.16 Å². The Morgan fingerprint density at radius 1 is 1.50 bits per heavy atom. The molecule has 4 nitrogen and oxygen atoms in total. The Balaban J connectivity index is 2.47. The second-order valence-corrected chi connectivity index (χ2v) is 1.97. The van der Waals surface area contributed by atoms with Crippen molar-refractivity contribution in [2.24, 2.45) is 0 Å². The molecule has 1 aromatic heterocycles. The molecule has 0 radical (unpaired) electrons. The lowest BCUT2D eigenvalue weighted by Gasteiger charge is -2.01. The number of aromatic nitrogens is 1. The van der Waals surface area contributed by atoms with Gasteiger partial charge < -0.3 is 9.47 Å². The zero-order valence-corrected chi connectivity index (χ0v) is 6.69. The van der Waals surface area contributed by atoms with Crippen molar-refractivity contribution in [1.82, 2.24) is 4.98 Å². The van der Waals surface area contributed by atoms with E-state index in [1.807, 2.05) is 0 Å². The van der Waals surface area contributed by atoms with Gasteiger partial charge in [-0.25, -0.2) is 4.79 Å². The van der Waals surface area contributed by atoms with Crippen molar-refractivity contribution in [2.45, 2.75) is 6.92 Å². The molecule has 0 N–H and O–H groups in total. The fraction of sp³-hybridized carbons (Fsp3) is 0.250. The summed E-state index contributed by atoms with van der Waals surface area (Å²) >= 11 is 0. The van der Waals surface area contributed by atoms with E-state index in [0.29, 0.717) is 12.4 Å². The highest BCUT2D eigenvalue weighted by molar-refractivity contribution is 5.63. The summed E-state index contributed by atoms with van der Waals surface area (Å²) in [7, 11) is 0. The minimum atomic E-state index is -0.691. The zero-order chi connectivity index (χ0) is 8.81. The Morgan fingerprint density at radius 2 is 2.17 bits per heavy atom. The van der Waals surface area contributed by atoms with Gasteiger partial charge in [0, 0.05) is 12.4 Å². The number of hydrogen-bond donors (Lipinski definition) is 0. The van der Waals surface area contributed by atoms with E-state index in [9.17, 15) is 4.79 Å². The molecule has 1 heterocycles. The Morgan fingerprint density at radius 3 is 2.75 bits per heavy atom. The molecule has 0 spiro atoms. The van der Waals surface area contributed by atoms with Crippen LogP contribution in [-0.4, -0.2) is 17.7 Å². The molecule has 1 aromatic rings. The Hall–Kier alpha value is -1.58. The SMILES string of the molecule is CCOC(=O)Oc1ccncc1. The molecule has 0 saturated heterocycles. The fourth-order valence-corrected chi connectivity index (χ4v) is 0.650. The first-order valence-electron chi connectivity index (χ1n) is 3.57. The minimum Gasteiger partial charge on any atom is -0.434 e. The van der Waals surface area contributed by atoms with Gasteiger partial charge in [-0.3, -0.25) is 4.98 Å². The molecule has 0 aliphatic carbocycles. The first kappa shape index (κ1) is 8.52. The maximum atomic E-state index is 10.7. The average Bonchev–Trinajstić information content (AvgIpc) is 2.06. The molecule has 0 unspecified atom stereocenters. The van der Waals surface area contributed by atoms with Gasteiger partial charge in [0.2, 0.25) is 0 Å². The maximum Gasteiger partial charge on any atom is 0.513 e. The van der Waals surface area contributed by atoms with Gasteiger partial charge in [0.15, 0.2) is 0 Å². The number of ether oxygens (including phenoxy) is 2. The average molecular weight is 167 g/mol. The first-order valence-corrected chi connectivity index (χ1v) is 3.57. The largest absolute Gasteiger partial charge is 0.513 e. The normalized spacial score (nSPS) is 9.08. The van der Waals surface area contributed by atoms with Gasteiger partial charge in [-0.05, 0) is 19.1 Å². The van der Waals surface area contributed by atoms with Crippen molar-refractivity contribution < 1.29 is 14.3 Å². The summed E-state index contributed by atoms with van der Waals surface area (Å²) in [5.41, 5.74) is 0. The molecule has 4 heteroatoms. The molecule has 0 aliphatic rings. The van der Waals surface area contributed by atoms with Gasteiger partial charge in [-0.2, -0.15) is 0 Å². The van der Waals surface area contributed by atoms with Crippen LogP contribution in [0.25, 0.3) is 0 Å². The Labute approximate surface area is 70.1 Å². The molecule has 0 fully saturated rings. The lowest BCUT2D eigenvalue weighted by molar-refractivity contribution is 0.104. The third-order valence-corrected chi connectivity index (χ3v) is 1.11. The quantitative estimate of drug-likeness (QED) is 0.628. The molecule has 12 heavy (non-hydrogen) atoms. The monoisotopic (exact) mass is 167 g/mol. The Kier molecular flexibility index (Phi) is 3.07. The van der Waals surface area contributed by atoms with Crippen molar-refractivity contribution in [3.63, 3.8) is 0 Å². The third-order valence-electron chi connectivity index (χ3n) is 1.11. The van der Waals surface area contributed by atoms with Gasteiger partial charge in [0.05, 0.1) is 6.61 Å². The van der Waals surface area contributed by atoms with Crippen LogP contribution >= 0.6 is 0 Å². The van der Waals surface area contributed by atoms with Crippen molar-refractivity contribution in [3.05, 3.63) is 24.5 Å². The maximum absolute atomic E-state index is 10.7. The molecule has 64 valence electrons. The second kappa shape index (κ2) is 4.33. The number of pyridine rings is 1. The van der Waals surface area contributed by atoms with E-state index in [0.717, 1.165) is 0 Å². The van der Waals surface area contributed by atoms with Crippen molar-refractivity contribution in [2.75, 3.05) is 6.61 Å². The van der Waals surface area contributed by atoms with Crippen LogP contribution in [0.1, 0.15) is 6.92 Å². The van der Waals surface area contributed by atoms with E-state index in [1.165, 1.54) is 12.4 Å². The lowest BCUT2D eigenvalue weighted by Crippen LogP contribution is -2.09. The van der Waals surface area contributed by atoms with Gasteiger partial charge in [0.25, 0.3) is 0 Å². The van der Waals surface area contributed by atoms with Crippen LogP contribution in [0.15, 0.2) is 24.5 Å². The molecule has 0 atom stereocenters. The van der Waals surface area contributed by atoms with Crippen molar-refractivity contribution in [1.29, 1.82) is 0 Å². The van der Waals surface area contributed by atoms with Crippen LogP contribution in [-0.2, 0) is 4.74 Å². The number of carbonyl (C=O) groups excluding carboxylic acids is 1.